The summed E-state index contributed by atoms with van der Waals surface area (Å²) in [5.74, 6) is 0.353. The van der Waals surface area contributed by atoms with Crippen molar-refractivity contribution in [1.82, 2.24) is 19.6 Å². The van der Waals surface area contributed by atoms with E-state index in [1.54, 1.807) is 29.4 Å². The normalized spacial score (nSPS) is 10.2. The molecular weight excluding hydrogens is 398 g/mol. The van der Waals surface area contributed by atoms with E-state index >= 15 is 0 Å². The molecule has 0 atom stereocenters. The van der Waals surface area contributed by atoms with Gasteiger partial charge in [-0.05, 0) is 50.1 Å². The number of fused-ring (bicyclic) bond motifs is 2. The van der Waals surface area contributed by atoms with Crippen LogP contribution in [0, 0.1) is 20.8 Å². The van der Waals surface area contributed by atoms with Crippen molar-refractivity contribution in [1.29, 1.82) is 0 Å². The Bertz CT molecular complexity index is 1130. The standard InChI is InChI=1S/C10H10F2N2.C10H12N2O.2C2H6/c1-6-3-7-5-14(2)13-9(7)4-8(6)10(11)12;1-6-4-8-5-12(3)11-9(8)7(2)10(6)13;2*1-2/h3-5,10H,1-2H3;4-5,13H,1-3H3;2*1-2H3. The largest absolute Gasteiger partial charge is 0.507 e. The fourth-order valence-electron chi connectivity index (χ4n) is 3.17. The zero-order chi connectivity index (χ0) is 23.9. The molecule has 0 amide bonds. The molecule has 0 saturated carbocycles. The number of rotatable bonds is 1. The Labute approximate surface area is 183 Å². The lowest BCUT2D eigenvalue weighted by molar-refractivity contribution is 0.151. The van der Waals surface area contributed by atoms with Crippen LogP contribution in [0.25, 0.3) is 21.8 Å². The molecule has 0 unspecified atom stereocenters. The topological polar surface area (TPSA) is 55.9 Å². The molecule has 0 spiro atoms. The number of alkyl halides is 2. The summed E-state index contributed by atoms with van der Waals surface area (Å²) < 4.78 is 28.4. The number of hydrogen-bond acceptors (Lipinski definition) is 3. The second kappa shape index (κ2) is 11.4. The van der Waals surface area contributed by atoms with Gasteiger partial charge in [0.25, 0.3) is 6.43 Å². The summed E-state index contributed by atoms with van der Waals surface area (Å²) in [5, 5.41) is 20.0. The zero-order valence-electron chi connectivity index (χ0n) is 20.0. The van der Waals surface area contributed by atoms with Crippen LogP contribution < -0.4 is 0 Å². The number of phenols is 1. The molecule has 170 valence electrons. The maximum atomic E-state index is 12.5. The van der Waals surface area contributed by atoms with E-state index in [1.807, 2.05) is 67.1 Å². The molecule has 0 saturated heterocycles. The summed E-state index contributed by atoms with van der Waals surface area (Å²) in [5.41, 5.74) is 3.93. The smallest absolute Gasteiger partial charge is 0.264 e. The Morgan fingerprint density at radius 1 is 0.806 bits per heavy atom. The summed E-state index contributed by atoms with van der Waals surface area (Å²) in [7, 11) is 3.66. The lowest BCUT2D eigenvalue weighted by atomic mass is 10.1. The van der Waals surface area contributed by atoms with Crippen molar-refractivity contribution in [3.63, 3.8) is 0 Å². The van der Waals surface area contributed by atoms with Crippen LogP contribution in [0.4, 0.5) is 8.78 Å². The van der Waals surface area contributed by atoms with Crippen molar-refractivity contribution in [3.8, 4) is 5.75 Å². The van der Waals surface area contributed by atoms with E-state index in [9.17, 15) is 13.9 Å². The number of aromatic nitrogens is 4. The first kappa shape index (κ1) is 26.1. The van der Waals surface area contributed by atoms with Gasteiger partial charge in [0.2, 0.25) is 0 Å². The molecule has 1 N–H and O–H groups in total. The van der Waals surface area contributed by atoms with Gasteiger partial charge in [-0.3, -0.25) is 9.36 Å². The molecule has 0 radical (unpaired) electrons. The van der Waals surface area contributed by atoms with Crippen LogP contribution in [0.5, 0.6) is 5.75 Å². The average molecular weight is 433 g/mol. The molecule has 7 heteroatoms. The van der Waals surface area contributed by atoms with E-state index in [4.69, 9.17) is 0 Å². The lowest BCUT2D eigenvalue weighted by Crippen LogP contribution is -1.89. The highest BCUT2D eigenvalue weighted by Crippen LogP contribution is 2.29. The van der Waals surface area contributed by atoms with Crippen LogP contribution >= 0.6 is 0 Å². The first-order chi connectivity index (χ1) is 14.7. The first-order valence-corrected chi connectivity index (χ1v) is 10.5. The molecule has 2 heterocycles. The number of nitrogens with zero attached hydrogens (tertiary/aromatic N) is 4. The van der Waals surface area contributed by atoms with E-state index in [2.05, 4.69) is 10.2 Å². The number of aromatic hydroxyl groups is 1. The summed E-state index contributed by atoms with van der Waals surface area (Å²) in [6.07, 6.45) is 1.34. The van der Waals surface area contributed by atoms with Gasteiger partial charge in [-0.2, -0.15) is 10.2 Å². The van der Waals surface area contributed by atoms with Crippen molar-refractivity contribution in [3.05, 3.63) is 52.8 Å². The third-order valence-electron chi connectivity index (χ3n) is 4.55. The molecule has 0 bridgehead atoms. The summed E-state index contributed by atoms with van der Waals surface area (Å²) in [4.78, 5) is 0. The van der Waals surface area contributed by atoms with E-state index in [-0.39, 0.29) is 5.56 Å². The van der Waals surface area contributed by atoms with E-state index in [0.717, 1.165) is 27.4 Å². The van der Waals surface area contributed by atoms with Gasteiger partial charge in [0.1, 0.15) is 5.75 Å². The molecule has 31 heavy (non-hydrogen) atoms. The summed E-state index contributed by atoms with van der Waals surface area (Å²) in [6, 6.07) is 5.14. The molecule has 4 aromatic rings. The Kier molecular flexibility index (Phi) is 9.62. The van der Waals surface area contributed by atoms with Gasteiger partial charge < -0.3 is 5.11 Å². The fraction of sp³-hybridized carbons (Fsp3) is 0.417. The minimum atomic E-state index is -2.43. The van der Waals surface area contributed by atoms with Gasteiger partial charge in [-0.15, -0.1) is 0 Å². The number of hydrogen-bond donors (Lipinski definition) is 1. The predicted molar refractivity (Wildman–Crippen MR) is 125 cm³/mol. The van der Waals surface area contributed by atoms with E-state index < -0.39 is 6.43 Å². The zero-order valence-corrected chi connectivity index (χ0v) is 20.0. The molecule has 0 fully saturated rings. The molecule has 0 aliphatic rings. The second-order valence-electron chi connectivity index (χ2n) is 6.78. The van der Waals surface area contributed by atoms with Crippen molar-refractivity contribution in [2.75, 3.05) is 0 Å². The monoisotopic (exact) mass is 432 g/mol. The van der Waals surface area contributed by atoms with Gasteiger partial charge in [-0.1, -0.05) is 27.7 Å². The number of benzene rings is 2. The summed E-state index contributed by atoms with van der Waals surface area (Å²) >= 11 is 0. The minimum Gasteiger partial charge on any atom is -0.507 e. The summed E-state index contributed by atoms with van der Waals surface area (Å²) in [6.45, 7) is 13.5. The molecule has 2 aromatic heterocycles. The van der Waals surface area contributed by atoms with Crippen molar-refractivity contribution < 1.29 is 13.9 Å². The SMILES string of the molecule is CC.CC.Cc1cc2cn(C)nc2c(C)c1O.Cc1cc2cn(C)nc2cc1C(F)F. The van der Waals surface area contributed by atoms with Crippen LogP contribution in [-0.2, 0) is 14.1 Å². The van der Waals surface area contributed by atoms with Crippen LogP contribution in [0.15, 0.2) is 30.6 Å². The van der Waals surface area contributed by atoms with Gasteiger partial charge in [-0.25, -0.2) is 8.78 Å². The first-order valence-electron chi connectivity index (χ1n) is 10.5. The number of phenolic OH excluding ortho intramolecular Hbond substituents is 1. The van der Waals surface area contributed by atoms with Crippen LogP contribution in [0.1, 0.15) is 56.4 Å². The highest BCUT2D eigenvalue weighted by Gasteiger charge is 2.12. The highest BCUT2D eigenvalue weighted by molar-refractivity contribution is 5.84. The number of halogens is 2. The third-order valence-corrected chi connectivity index (χ3v) is 4.55. The number of aryl methyl sites for hydroxylation is 5. The van der Waals surface area contributed by atoms with Crippen LogP contribution in [0.2, 0.25) is 0 Å². The van der Waals surface area contributed by atoms with Crippen molar-refractivity contribution >= 4 is 21.8 Å². The fourth-order valence-corrected chi connectivity index (χ4v) is 3.17. The van der Waals surface area contributed by atoms with Crippen LogP contribution in [-0.4, -0.2) is 24.7 Å². The second-order valence-corrected chi connectivity index (χ2v) is 6.78. The quantitative estimate of drug-likeness (QED) is 0.361. The van der Waals surface area contributed by atoms with Crippen LogP contribution in [0.3, 0.4) is 0 Å². The van der Waals surface area contributed by atoms with E-state index in [1.165, 1.54) is 6.07 Å². The maximum absolute atomic E-state index is 12.5. The molecule has 0 aliphatic heterocycles. The van der Waals surface area contributed by atoms with Crippen molar-refractivity contribution in [2.24, 2.45) is 14.1 Å². The van der Waals surface area contributed by atoms with E-state index in [0.29, 0.717) is 16.8 Å². The third kappa shape index (κ3) is 6.03. The minimum absolute atomic E-state index is 0.0659. The molecule has 5 nitrogen and oxygen atoms in total. The maximum Gasteiger partial charge on any atom is 0.264 e. The lowest BCUT2D eigenvalue weighted by Gasteiger charge is -2.03. The highest BCUT2D eigenvalue weighted by atomic mass is 19.3. The van der Waals surface area contributed by atoms with Gasteiger partial charge in [0.15, 0.2) is 0 Å². The van der Waals surface area contributed by atoms with Gasteiger partial charge >= 0.3 is 0 Å². The van der Waals surface area contributed by atoms with Gasteiger partial charge in [0.05, 0.1) is 11.0 Å². The Balaban J connectivity index is 0.000000268. The average Bonchev–Trinajstić information content (AvgIpc) is 3.29. The predicted octanol–water partition coefficient (Wildman–Crippen LogP) is 6.77. The molecule has 0 aliphatic carbocycles. The Hall–Kier alpha value is -2.96. The molecular formula is C24H34F2N4O. The molecule has 2 aromatic carbocycles. The Morgan fingerprint density at radius 3 is 1.90 bits per heavy atom. The molecule has 4 rings (SSSR count). The van der Waals surface area contributed by atoms with Crippen molar-refractivity contribution in [2.45, 2.75) is 54.9 Å². The van der Waals surface area contributed by atoms with Gasteiger partial charge in [0, 0.05) is 48.4 Å². The Morgan fingerprint density at radius 2 is 1.32 bits per heavy atom.